The molecule has 3 saturated carbocycles. The first-order valence-electron chi connectivity index (χ1n) is 9.50. The zero-order valence-corrected chi connectivity index (χ0v) is 14.9. The molecule has 2 heteroatoms. The Kier molecular flexibility index (Phi) is 2.85. The summed E-state index contributed by atoms with van der Waals surface area (Å²) < 4.78 is 0.691. The molecule has 0 unspecified atom stereocenters. The Labute approximate surface area is 139 Å². The number of aliphatic hydroxyl groups excluding tert-OH is 1. The number of fused-ring (bicyclic) bond motifs is 6. The van der Waals surface area contributed by atoms with Crippen LogP contribution in [-0.2, 0) is 0 Å². The Hall–Kier alpha value is 0.0500. The van der Waals surface area contributed by atoms with Crippen LogP contribution >= 0.6 is 11.8 Å². The van der Waals surface area contributed by atoms with Crippen LogP contribution in [-0.4, -0.2) is 21.7 Å². The molecule has 22 heavy (non-hydrogen) atoms. The lowest BCUT2D eigenvalue weighted by Crippen LogP contribution is -2.51. The first-order valence-corrected chi connectivity index (χ1v) is 10.5. The van der Waals surface area contributed by atoms with Gasteiger partial charge in [-0.3, -0.25) is 0 Å². The van der Waals surface area contributed by atoms with Crippen LogP contribution in [0.3, 0.4) is 0 Å². The molecular weight excluding hydrogens is 288 g/mol. The second-order valence-electron chi connectivity index (χ2n) is 9.43. The van der Waals surface area contributed by atoms with Crippen LogP contribution in [0.2, 0.25) is 0 Å². The van der Waals surface area contributed by atoms with Crippen LogP contribution in [0.15, 0.2) is 11.6 Å². The van der Waals surface area contributed by atoms with Crippen molar-refractivity contribution in [2.45, 2.75) is 76.1 Å². The normalized spacial score (nSPS) is 59.5. The molecule has 0 radical (unpaired) electrons. The summed E-state index contributed by atoms with van der Waals surface area (Å²) in [5, 5.41) is 10.1. The van der Waals surface area contributed by atoms with Crippen molar-refractivity contribution < 1.29 is 5.11 Å². The van der Waals surface area contributed by atoms with Crippen molar-refractivity contribution >= 4 is 11.8 Å². The monoisotopic (exact) mass is 318 g/mol. The fourth-order valence-corrected chi connectivity index (χ4v) is 8.79. The molecule has 5 aliphatic rings. The van der Waals surface area contributed by atoms with Gasteiger partial charge in [0.15, 0.2) is 0 Å². The molecule has 1 N–H and O–H groups in total. The third-order valence-corrected chi connectivity index (χ3v) is 10.5. The van der Waals surface area contributed by atoms with Crippen molar-refractivity contribution in [3.63, 3.8) is 0 Å². The Morgan fingerprint density at radius 1 is 1.09 bits per heavy atom. The molecule has 4 fully saturated rings. The maximum Gasteiger partial charge on any atom is 0.0577 e. The highest BCUT2D eigenvalue weighted by Crippen LogP contribution is 2.74. The van der Waals surface area contributed by atoms with Gasteiger partial charge >= 0.3 is 0 Å². The minimum Gasteiger partial charge on any atom is -0.393 e. The number of aliphatic hydroxyl groups is 1. The molecule has 0 bridgehead atoms. The molecule has 5 rings (SSSR count). The van der Waals surface area contributed by atoms with Crippen LogP contribution < -0.4 is 0 Å². The lowest BCUT2D eigenvalue weighted by molar-refractivity contribution is -0.0397. The zero-order chi connectivity index (χ0) is 15.2. The standard InChI is InChI=1S/C20H30OS/c1-18-8-5-14(21)11-13(18)3-4-15-16(18)6-9-19(2)17(15)7-10-20(19)12-22-20/h3,14-17,21H,4-12H2,1-2H3/t14-,15+,16-,17-,18+,19+,20+/m1/s1. The van der Waals surface area contributed by atoms with Crippen molar-refractivity contribution in [3.05, 3.63) is 11.6 Å². The molecule has 1 aliphatic heterocycles. The van der Waals surface area contributed by atoms with E-state index in [1.807, 2.05) is 0 Å². The highest BCUT2D eigenvalue weighted by atomic mass is 32.2. The topological polar surface area (TPSA) is 20.2 Å². The predicted octanol–water partition coefficient (Wildman–Crippen LogP) is 4.80. The van der Waals surface area contributed by atoms with E-state index in [0.717, 1.165) is 30.6 Å². The van der Waals surface area contributed by atoms with Crippen molar-refractivity contribution in [1.82, 2.24) is 0 Å². The van der Waals surface area contributed by atoms with Crippen LogP contribution in [0.4, 0.5) is 0 Å². The van der Waals surface area contributed by atoms with Crippen molar-refractivity contribution in [2.24, 2.45) is 28.6 Å². The van der Waals surface area contributed by atoms with E-state index >= 15 is 0 Å². The van der Waals surface area contributed by atoms with E-state index < -0.39 is 0 Å². The molecule has 1 spiro atoms. The number of hydrogen-bond acceptors (Lipinski definition) is 2. The summed E-state index contributed by atoms with van der Waals surface area (Å²) in [5.41, 5.74) is 2.66. The number of allylic oxidation sites excluding steroid dienone is 1. The van der Waals surface area contributed by atoms with Gasteiger partial charge in [0.25, 0.3) is 0 Å². The molecule has 1 heterocycles. The third kappa shape index (κ3) is 1.62. The van der Waals surface area contributed by atoms with E-state index in [1.165, 1.54) is 44.3 Å². The van der Waals surface area contributed by atoms with Crippen molar-refractivity contribution in [3.8, 4) is 0 Å². The second-order valence-corrected chi connectivity index (χ2v) is 10.8. The quantitative estimate of drug-likeness (QED) is 0.511. The Morgan fingerprint density at radius 3 is 2.64 bits per heavy atom. The summed E-state index contributed by atoms with van der Waals surface area (Å²) in [4.78, 5) is 0. The maximum absolute atomic E-state index is 10.1. The molecule has 1 saturated heterocycles. The highest BCUT2D eigenvalue weighted by Gasteiger charge is 2.68. The van der Waals surface area contributed by atoms with Gasteiger partial charge in [0.1, 0.15) is 0 Å². The molecule has 4 aliphatic carbocycles. The van der Waals surface area contributed by atoms with E-state index in [1.54, 1.807) is 5.57 Å². The SMILES string of the molecule is C[C@]12CC[C@@H](O)CC1=CC[C@H]1[C@H]2CC[C@@]2(C)[C@@H]1CC[C@]21CS1. The van der Waals surface area contributed by atoms with Crippen LogP contribution in [0, 0.1) is 28.6 Å². The Morgan fingerprint density at radius 2 is 1.86 bits per heavy atom. The fourth-order valence-electron chi connectivity index (χ4n) is 7.30. The second kappa shape index (κ2) is 4.36. The number of rotatable bonds is 0. The Balaban J connectivity index is 1.51. The van der Waals surface area contributed by atoms with Crippen molar-refractivity contribution in [1.29, 1.82) is 0 Å². The van der Waals surface area contributed by atoms with E-state index in [4.69, 9.17) is 0 Å². The van der Waals surface area contributed by atoms with Gasteiger partial charge in [-0.05, 0) is 80.0 Å². The summed E-state index contributed by atoms with van der Waals surface area (Å²) in [7, 11) is 0. The Bertz CT molecular complexity index is 536. The molecule has 0 aromatic rings. The lowest BCUT2D eigenvalue weighted by atomic mass is 9.47. The van der Waals surface area contributed by atoms with Crippen LogP contribution in [0.1, 0.15) is 65.2 Å². The predicted molar refractivity (Wildman–Crippen MR) is 92.9 cm³/mol. The van der Waals surface area contributed by atoms with E-state index in [9.17, 15) is 5.11 Å². The first-order chi connectivity index (χ1) is 10.5. The smallest absolute Gasteiger partial charge is 0.0577 e. The summed E-state index contributed by atoms with van der Waals surface area (Å²) in [6.45, 7) is 5.19. The van der Waals surface area contributed by atoms with Gasteiger partial charge in [-0.2, -0.15) is 11.8 Å². The molecule has 7 atom stereocenters. The van der Waals surface area contributed by atoms with Gasteiger partial charge in [-0.25, -0.2) is 0 Å². The van der Waals surface area contributed by atoms with E-state index in [0.29, 0.717) is 15.6 Å². The number of thioether (sulfide) groups is 1. The van der Waals surface area contributed by atoms with Gasteiger partial charge in [-0.15, -0.1) is 0 Å². The minimum atomic E-state index is -0.0673. The summed E-state index contributed by atoms with van der Waals surface area (Å²) in [5.74, 6) is 4.25. The molecule has 0 aromatic heterocycles. The summed E-state index contributed by atoms with van der Waals surface area (Å²) in [6.07, 6.45) is 12.9. The summed E-state index contributed by atoms with van der Waals surface area (Å²) in [6, 6.07) is 0. The van der Waals surface area contributed by atoms with Crippen LogP contribution in [0.25, 0.3) is 0 Å². The molecular formula is C20H30OS. The van der Waals surface area contributed by atoms with Gasteiger partial charge in [0, 0.05) is 10.5 Å². The molecule has 122 valence electrons. The van der Waals surface area contributed by atoms with Gasteiger partial charge in [-0.1, -0.05) is 25.5 Å². The first kappa shape index (κ1) is 14.4. The van der Waals surface area contributed by atoms with E-state index in [2.05, 4.69) is 31.7 Å². The average molecular weight is 319 g/mol. The van der Waals surface area contributed by atoms with Crippen LogP contribution in [0.5, 0.6) is 0 Å². The van der Waals surface area contributed by atoms with E-state index in [-0.39, 0.29) is 6.10 Å². The molecule has 0 amide bonds. The average Bonchev–Trinajstić information content (AvgIpc) is 3.22. The highest BCUT2D eigenvalue weighted by molar-refractivity contribution is 8.08. The minimum absolute atomic E-state index is 0.0673. The molecule has 1 nitrogen and oxygen atoms in total. The van der Waals surface area contributed by atoms with Gasteiger partial charge in [0.05, 0.1) is 6.10 Å². The molecule has 0 aromatic carbocycles. The zero-order valence-electron chi connectivity index (χ0n) is 14.1. The fraction of sp³-hybridized carbons (Fsp3) is 0.900. The largest absolute Gasteiger partial charge is 0.393 e. The third-order valence-electron chi connectivity index (χ3n) is 8.86. The van der Waals surface area contributed by atoms with Gasteiger partial charge in [0.2, 0.25) is 0 Å². The maximum atomic E-state index is 10.1. The lowest BCUT2D eigenvalue weighted by Gasteiger charge is -2.58. The van der Waals surface area contributed by atoms with Gasteiger partial charge < -0.3 is 5.11 Å². The van der Waals surface area contributed by atoms with Crippen molar-refractivity contribution in [2.75, 3.05) is 5.75 Å². The number of hydrogen-bond donors (Lipinski definition) is 1. The summed E-state index contributed by atoms with van der Waals surface area (Å²) >= 11 is 2.28.